The molecule has 0 fully saturated rings. The Morgan fingerprint density at radius 1 is 1.56 bits per heavy atom. The summed E-state index contributed by atoms with van der Waals surface area (Å²) in [6.07, 6.45) is 0. The summed E-state index contributed by atoms with van der Waals surface area (Å²) in [5, 5.41) is 25.2. The van der Waals surface area contributed by atoms with Crippen LogP contribution in [-0.2, 0) is 6.54 Å². The number of aliphatic hydroxyl groups is 1. The molecule has 16 heavy (non-hydrogen) atoms. The first-order chi connectivity index (χ1) is 7.76. The molecule has 82 valence electrons. The topological polar surface area (TPSA) is 87.9 Å². The number of halogens is 1. The van der Waals surface area contributed by atoms with Crippen molar-refractivity contribution in [1.82, 2.24) is 15.0 Å². The zero-order chi connectivity index (χ0) is 11.5. The Bertz CT molecular complexity index is 540. The SMILES string of the molecule is N#Cc1nnn(CCO)c1-c1ccc(Br)o1. The van der Waals surface area contributed by atoms with E-state index < -0.39 is 0 Å². The Labute approximate surface area is 99.2 Å². The van der Waals surface area contributed by atoms with Gasteiger partial charge in [-0.3, -0.25) is 0 Å². The van der Waals surface area contributed by atoms with Crippen LogP contribution in [0.15, 0.2) is 21.2 Å². The first-order valence-electron chi connectivity index (χ1n) is 4.46. The number of aromatic nitrogens is 3. The third-order valence-electron chi connectivity index (χ3n) is 1.96. The van der Waals surface area contributed by atoms with Crippen molar-refractivity contribution >= 4 is 15.9 Å². The van der Waals surface area contributed by atoms with E-state index in [-0.39, 0.29) is 18.8 Å². The van der Waals surface area contributed by atoms with Gasteiger partial charge in [-0.2, -0.15) is 5.26 Å². The highest BCUT2D eigenvalue weighted by Crippen LogP contribution is 2.26. The smallest absolute Gasteiger partial charge is 0.193 e. The molecule has 0 bridgehead atoms. The molecule has 0 aliphatic carbocycles. The van der Waals surface area contributed by atoms with Crippen molar-refractivity contribution in [2.24, 2.45) is 0 Å². The lowest BCUT2D eigenvalue weighted by Gasteiger charge is -2.00. The van der Waals surface area contributed by atoms with Crippen LogP contribution in [0.1, 0.15) is 5.69 Å². The van der Waals surface area contributed by atoms with Crippen molar-refractivity contribution in [2.45, 2.75) is 6.54 Å². The molecule has 1 N–H and O–H groups in total. The number of hydrogen-bond donors (Lipinski definition) is 1. The summed E-state index contributed by atoms with van der Waals surface area (Å²) in [5.74, 6) is 0.488. The third kappa shape index (κ3) is 1.85. The normalized spacial score (nSPS) is 10.3. The molecule has 0 unspecified atom stereocenters. The Morgan fingerprint density at radius 2 is 2.38 bits per heavy atom. The lowest BCUT2D eigenvalue weighted by molar-refractivity contribution is 0.268. The second-order valence-corrected chi connectivity index (χ2v) is 3.73. The van der Waals surface area contributed by atoms with Crippen molar-refractivity contribution < 1.29 is 9.52 Å². The van der Waals surface area contributed by atoms with Gasteiger partial charge in [-0.15, -0.1) is 5.10 Å². The second-order valence-electron chi connectivity index (χ2n) is 2.95. The predicted octanol–water partition coefficient (Wildman–Crippen LogP) is 1.16. The molecule has 0 radical (unpaired) electrons. The van der Waals surface area contributed by atoms with Gasteiger partial charge in [-0.05, 0) is 28.1 Å². The van der Waals surface area contributed by atoms with E-state index in [0.717, 1.165) is 0 Å². The molecule has 0 saturated carbocycles. The van der Waals surface area contributed by atoms with E-state index in [0.29, 0.717) is 16.1 Å². The van der Waals surface area contributed by atoms with Crippen molar-refractivity contribution in [2.75, 3.05) is 6.61 Å². The minimum Gasteiger partial charge on any atom is -0.448 e. The fourth-order valence-electron chi connectivity index (χ4n) is 1.33. The summed E-state index contributed by atoms with van der Waals surface area (Å²) >= 11 is 3.18. The third-order valence-corrected chi connectivity index (χ3v) is 2.39. The van der Waals surface area contributed by atoms with Gasteiger partial charge in [0.25, 0.3) is 0 Å². The van der Waals surface area contributed by atoms with E-state index in [9.17, 15) is 0 Å². The highest BCUT2D eigenvalue weighted by atomic mass is 79.9. The molecule has 0 spiro atoms. The van der Waals surface area contributed by atoms with Gasteiger partial charge in [0.2, 0.25) is 0 Å². The van der Waals surface area contributed by atoms with Crippen LogP contribution in [0.25, 0.3) is 11.5 Å². The van der Waals surface area contributed by atoms with Gasteiger partial charge in [0.1, 0.15) is 11.8 Å². The number of furan rings is 1. The van der Waals surface area contributed by atoms with Gasteiger partial charge >= 0.3 is 0 Å². The zero-order valence-corrected chi connectivity index (χ0v) is 9.68. The summed E-state index contributed by atoms with van der Waals surface area (Å²) in [5.41, 5.74) is 0.651. The molecular formula is C9H7BrN4O2. The number of nitriles is 1. The minimum atomic E-state index is -0.0803. The zero-order valence-electron chi connectivity index (χ0n) is 8.09. The number of nitrogens with zero attached hydrogens (tertiary/aromatic N) is 4. The van der Waals surface area contributed by atoms with E-state index in [2.05, 4.69) is 26.2 Å². The van der Waals surface area contributed by atoms with Crippen LogP contribution in [0, 0.1) is 11.3 Å². The standard InChI is InChI=1S/C9H7BrN4O2/c10-8-2-1-7(16-8)9-6(5-11)12-13-14(9)3-4-15/h1-2,15H,3-4H2. The van der Waals surface area contributed by atoms with Gasteiger partial charge in [-0.1, -0.05) is 5.21 Å². The van der Waals surface area contributed by atoms with Gasteiger partial charge in [-0.25, -0.2) is 4.68 Å². The number of rotatable bonds is 3. The largest absolute Gasteiger partial charge is 0.448 e. The average molecular weight is 283 g/mol. The first kappa shape index (κ1) is 10.9. The van der Waals surface area contributed by atoms with Crippen LogP contribution in [0.4, 0.5) is 0 Å². The predicted molar refractivity (Wildman–Crippen MR) is 57.2 cm³/mol. The molecule has 6 nitrogen and oxygen atoms in total. The van der Waals surface area contributed by atoms with Crippen LogP contribution in [0.3, 0.4) is 0 Å². The summed E-state index contributed by atoms with van der Waals surface area (Å²) in [7, 11) is 0. The maximum absolute atomic E-state index is 8.89. The van der Waals surface area contributed by atoms with E-state index in [1.807, 2.05) is 6.07 Å². The summed E-state index contributed by atoms with van der Waals surface area (Å²) in [6.45, 7) is 0.186. The molecule has 2 heterocycles. The van der Waals surface area contributed by atoms with Crippen LogP contribution in [0.5, 0.6) is 0 Å². The van der Waals surface area contributed by atoms with Crippen LogP contribution >= 0.6 is 15.9 Å². The highest BCUT2D eigenvalue weighted by molar-refractivity contribution is 9.10. The van der Waals surface area contributed by atoms with E-state index in [1.165, 1.54) is 4.68 Å². The second kappa shape index (κ2) is 4.47. The van der Waals surface area contributed by atoms with Crippen molar-refractivity contribution in [3.05, 3.63) is 22.5 Å². The Balaban J connectivity index is 2.53. The van der Waals surface area contributed by atoms with E-state index in [1.54, 1.807) is 12.1 Å². The molecule has 0 amide bonds. The lowest BCUT2D eigenvalue weighted by Crippen LogP contribution is -2.05. The van der Waals surface area contributed by atoms with Crippen molar-refractivity contribution in [1.29, 1.82) is 5.26 Å². The summed E-state index contributed by atoms with van der Waals surface area (Å²) in [6, 6.07) is 5.35. The molecule has 2 aromatic heterocycles. The van der Waals surface area contributed by atoms with Gasteiger partial charge in [0.05, 0.1) is 13.2 Å². The molecule has 0 saturated heterocycles. The van der Waals surface area contributed by atoms with E-state index in [4.69, 9.17) is 14.8 Å². The maximum Gasteiger partial charge on any atom is 0.193 e. The highest BCUT2D eigenvalue weighted by Gasteiger charge is 2.17. The van der Waals surface area contributed by atoms with Gasteiger partial charge < -0.3 is 9.52 Å². The molecule has 0 aliphatic rings. The molecule has 0 aliphatic heterocycles. The fourth-order valence-corrected chi connectivity index (χ4v) is 1.63. The summed E-state index contributed by atoms with van der Waals surface area (Å²) in [4.78, 5) is 0. The van der Waals surface area contributed by atoms with Crippen LogP contribution in [-0.4, -0.2) is 26.7 Å². The van der Waals surface area contributed by atoms with Gasteiger partial charge in [0, 0.05) is 0 Å². The quantitative estimate of drug-likeness (QED) is 0.913. The maximum atomic E-state index is 8.89. The van der Waals surface area contributed by atoms with Crippen LogP contribution < -0.4 is 0 Å². The number of aliphatic hydroxyl groups excluding tert-OH is 1. The van der Waals surface area contributed by atoms with Gasteiger partial charge in [0.15, 0.2) is 16.1 Å². The lowest BCUT2D eigenvalue weighted by atomic mass is 10.2. The monoisotopic (exact) mass is 282 g/mol. The Morgan fingerprint density at radius 3 is 2.94 bits per heavy atom. The molecule has 2 rings (SSSR count). The van der Waals surface area contributed by atoms with Crippen LogP contribution in [0.2, 0.25) is 0 Å². The number of hydrogen-bond acceptors (Lipinski definition) is 5. The molecule has 2 aromatic rings. The fraction of sp³-hybridized carbons (Fsp3) is 0.222. The Kier molecular flexibility index (Phi) is 3.03. The Hall–Kier alpha value is -1.65. The average Bonchev–Trinajstić information content (AvgIpc) is 2.85. The molecular weight excluding hydrogens is 276 g/mol. The van der Waals surface area contributed by atoms with Crippen molar-refractivity contribution in [3.8, 4) is 17.5 Å². The van der Waals surface area contributed by atoms with Crippen molar-refractivity contribution in [3.63, 3.8) is 0 Å². The first-order valence-corrected chi connectivity index (χ1v) is 5.25. The molecule has 0 aromatic carbocycles. The van der Waals surface area contributed by atoms with E-state index >= 15 is 0 Å². The molecule has 7 heteroatoms. The molecule has 0 atom stereocenters. The minimum absolute atomic E-state index is 0.0803. The summed E-state index contributed by atoms with van der Waals surface area (Å²) < 4.78 is 7.33.